The monoisotopic (exact) mass is 251 g/mol. The molecule has 1 aromatic carbocycles. The van der Waals surface area contributed by atoms with Crippen molar-refractivity contribution >= 4 is 5.69 Å². The first-order chi connectivity index (χ1) is 8.28. The fourth-order valence-corrected chi connectivity index (χ4v) is 1.69. The lowest BCUT2D eigenvalue weighted by molar-refractivity contribution is -0.0461. The van der Waals surface area contributed by atoms with Gasteiger partial charge in [0.05, 0.1) is 18.3 Å². The van der Waals surface area contributed by atoms with E-state index < -0.39 is 6.10 Å². The Morgan fingerprint density at radius 2 is 2.00 bits per heavy atom. The predicted octanol–water partition coefficient (Wildman–Crippen LogP) is 2.61. The van der Waals surface area contributed by atoms with Crippen molar-refractivity contribution in [3.8, 4) is 0 Å². The SMILES string of the molecule is Cc1cccc(N(C)CC(O)COC(C)(C)C)c1. The number of anilines is 1. The molecular formula is C15H25NO2. The van der Waals surface area contributed by atoms with E-state index in [1.165, 1.54) is 5.56 Å². The number of hydrogen-bond acceptors (Lipinski definition) is 3. The van der Waals surface area contributed by atoms with E-state index >= 15 is 0 Å². The van der Waals surface area contributed by atoms with Crippen LogP contribution in [-0.2, 0) is 4.74 Å². The largest absolute Gasteiger partial charge is 0.389 e. The minimum absolute atomic E-state index is 0.205. The van der Waals surface area contributed by atoms with Gasteiger partial charge < -0.3 is 14.7 Å². The van der Waals surface area contributed by atoms with Gasteiger partial charge in [-0.1, -0.05) is 12.1 Å². The van der Waals surface area contributed by atoms with Crippen molar-refractivity contribution in [1.29, 1.82) is 0 Å². The van der Waals surface area contributed by atoms with Crippen LogP contribution in [0.1, 0.15) is 26.3 Å². The van der Waals surface area contributed by atoms with Crippen LogP contribution in [-0.4, -0.2) is 37.0 Å². The Hall–Kier alpha value is -1.06. The molecule has 18 heavy (non-hydrogen) atoms. The van der Waals surface area contributed by atoms with E-state index in [0.29, 0.717) is 13.2 Å². The number of hydrogen-bond donors (Lipinski definition) is 1. The van der Waals surface area contributed by atoms with Gasteiger partial charge in [0.25, 0.3) is 0 Å². The number of likely N-dealkylation sites (N-methyl/N-ethyl adjacent to an activating group) is 1. The molecule has 0 spiro atoms. The molecule has 0 aliphatic rings. The maximum absolute atomic E-state index is 9.95. The summed E-state index contributed by atoms with van der Waals surface area (Å²) in [6, 6.07) is 8.25. The summed E-state index contributed by atoms with van der Waals surface area (Å²) in [6.07, 6.45) is -0.477. The molecule has 0 aromatic heterocycles. The van der Waals surface area contributed by atoms with Gasteiger partial charge in [0, 0.05) is 19.3 Å². The highest BCUT2D eigenvalue weighted by molar-refractivity contribution is 5.47. The average Bonchev–Trinajstić information content (AvgIpc) is 2.25. The molecule has 1 aromatic rings. The number of ether oxygens (including phenoxy) is 1. The summed E-state index contributed by atoms with van der Waals surface area (Å²) in [7, 11) is 1.98. The summed E-state index contributed by atoms with van der Waals surface area (Å²) >= 11 is 0. The third-order valence-electron chi connectivity index (χ3n) is 2.64. The number of aliphatic hydroxyl groups is 1. The first-order valence-corrected chi connectivity index (χ1v) is 6.38. The Kier molecular flexibility index (Phi) is 5.17. The number of aryl methyl sites for hydroxylation is 1. The number of nitrogens with zero attached hydrogens (tertiary/aromatic N) is 1. The predicted molar refractivity (Wildman–Crippen MR) is 76.2 cm³/mol. The standard InChI is InChI=1S/C15H25NO2/c1-12-7-6-8-13(9-12)16(5)10-14(17)11-18-15(2,3)4/h6-9,14,17H,10-11H2,1-5H3. The van der Waals surface area contributed by atoms with Crippen LogP contribution in [0.4, 0.5) is 5.69 Å². The Morgan fingerprint density at radius 3 is 2.56 bits per heavy atom. The minimum atomic E-state index is -0.477. The fourth-order valence-electron chi connectivity index (χ4n) is 1.69. The van der Waals surface area contributed by atoms with Crippen LogP contribution in [0.25, 0.3) is 0 Å². The Bertz CT molecular complexity index is 371. The average molecular weight is 251 g/mol. The minimum Gasteiger partial charge on any atom is -0.389 e. The normalized spacial score (nSPS) is 13.4. The smallest absolute Gasteiger partial charge is 0.0948 e. The Labute approximate surface area is 110 Å². The maximum atomic E-state index is 9.95. The highest BCUT2D eigenvalue weighted by atomic mass is 16.5. The first-order valence-electron chi connectivity index (χ1n) is 6.38. The molecule has 0 heterocycles. The summed E-state index contributed by atoms with van der Waals surface area (Å²) in [5.41, 5.74) is 2.13. The lowest BCUT2D eigenvalue weighted by atomic mass is 10.2. The molecule has 0 aliphatic heterocycles. The maximum Gasteiger partial charge on any atom is 0.0948 e. The highest BCUT2D eigenvalue weighted by Crippen LogP contribution is 2.15. The van der Waals surface area contributed by atoms with Gasteiger partial charge in [-0.2, -0.15) is 0 Å². The quantitative estimate of drug-likeness (QED) is 0.873. The van der Waals surface area contributed by atoms with E-state index in [-0.39, 0.29) is 5.60 Å². The van der Waals surface area contributed by atoms with Crippen LogP contribution in [0.15, 0.2) is 24.3 Å². The molecule has 1 atom stereocenters. The Morgan fingerprint density at radius 1 is 1.33 bits per heavy atom. The molecule has 0 amide bonds. The zero-order valence-corrected chi connectivity index (χ0v) is 12.1. The van der Waals surface area contributed by atoms with Gasteiger partial charge in [-0.25, -0.2) is 0 Å². The van der Waals surface area contributed by atoms with E-state index in [0.717, 1.165) is 5.69 Å². The molecular weight excluding hydrogens is 226 g/mol. The number of aliphatic hydroxyl groups excluding tert-OH is 1. The Balaban J connectivity index is 2.47. The lowest BCUT2D eigenvalue weighted by Crippen LogP contribution is -2.35. The molecule has 3 nitrogen and oxygen atoms in total. The van der Waals surface area contributed by atoms with Gasteiger partial charge in [0.2, 0.25) is 0 Å². The van der Waals surface area contributed by atoms with Gasteiger partial charge >= 0.3 is 0 Å². The van der Waals surface area contributed by atoms with Crippen molar-refractivity contribution in [2.75, 3.05) is 25.1 Å². The summed E-state index contributed by atoms with van der Waals surface area (Å²) in [5.74, 6) is 0. The molecule has 0 aliphatic carbocycles. The third-order valence-corrected chi connectivity index (χ3v) is 2.64. The van der Waals surface area contributed by atoms with Crippen LogP contribution in [0, 0.1) is 6.92 Å². The van der Waals surface area contributed by atoms with Gasteiger partial charge in [0.1, 0.15) is 0 Å². The molecule has 0 saturated carbocycles. The molecule has 1 unspecified atom stereocenters. The first kappa shape index (κ1) is 15.0. The van der Waals surface area contributed by atoms with E-state index in [2.05, 4.69) is 19.1 Å². The van der Waals surface area contributed by atoms with Crippen LogP contribution in [0.3, 0.4) is 0 Å². The molecule has 0 fully saturated rings. The van der Waals surface area contributed by atoms with Crippen LogP contribution in [0.2, 0.25) is 0 Å². The number of benzene rings is 1. The lowest BCUT2D eigenvalue weighted by Gasteiger charge is -2.26. The van der Waals surface area contributed by atoms with E-state index in [9.17, 15) is 5.11 Å². The van der Waals surface area contributed by atoms with Crippen molar-refractivity contribution in [2.45, 2.75) is 39.4 Å². The number of rotatable bonds is 5. The molecule has 3 heteroatoms. The summed E-state index contributed by atoms with van der Waals surface area (Å²) in [4.78, 5) is 2.05. The van der Waals surface area contributed by atoms with Gasteiger partial charge in [-0.15, -0.1) is 0 Å². The second kappa shape index (κ2) is 6.21. The molecule has 1 N–H and O–H groups in total. The molecule has 0 bridgehead atoms. The molecule has 0 radical (unpaired) electrons. The second-order valence-corrected chi connectivity index (χ2v) is 5.80. The van der Waals surface area contributed by atoms with Crippen molar-refractivity contribution in [3.63, 3.8) is 0 Å². The fraction of sp³-hybridized carbons (Fsp3) is 0.600. The van der Waals surface area contributed by atoms with E-state index in [4.69, 9.17) is 4.74 Å². The van der Waals surface area contributed by atoms with Crippen LogP contribution >= 0.6 is 0 Å². The van der Waals surface area contributed by atoms with Gasteiger partial charge in [-0.05, 0) is 45.4 Å². The van der Waals surface area contributed by atoms with Crippen molar-refractivity contribution < 1.29 is 9.84 Å². The zero-order chi connectivity index (χ0) is 13.8. The highest BCUT2D eigenvalue weighted by Gasteiger charge is 2.15. The van der Waals surface area contributed by atoms with Gasteiger partial charge in [0.15, 0.2) is 0 Å². The van der Waals surface area contributed by atoms with Crippen molar-refractivity contribution in [1.82, 2.24) is 0 Å². The van der Waals surface area contributed by atoms with Gasteiger partial charge in [-0.3, -0.25) is 0 Å². The second-order valence-electron chi connectivity index (χ2n) is 5.80. The van der Waals surface area contributed by atoms with Crippen molar-refractivity contribution in [3.05, 3.63) is 29.8 Å². The summed E-state index contributed by atoms with van der Waals surface area (Å²) in [5, 5.41) is 9.95. The van der Waals surface area contributed by atoms with E-state index in [1.807, 2.05) is 44.9 Å². The molecule has 1 rings (SSSR count). The zero-order valence-electron chi connectivity index (χ0n) is 12.1. The summed E-state index contributed by atoms with van der Waals surface area (Å²) < 4.78 is 5.57. The van der Waals surface area contributed by atoms with Crippen molar-refractivity contribution in [2.24, 2.45) is 0 Å². The van der Waals surface area contributed by atoms with Crippen LogP contribution in [0.5, 0.6) is 0 Å². The van der Waals surface area contributed by atoms with Crippen LogP contribution < -0.4 is 4.90 Å². The van der Waals surface area contributed by atoms with E-state index in [1.54, 1.807) is 0 Å². The third kappa shape index (κ3) is 5.52. The summed E-state index contributed by atoms with van der Waals surface area (Å²) in [6.45, 7) is 8.97. The topological polar surface area (TPSA) is 32.7 Å². The molecule has 0 saturated heterocycles. The molecule has 102 valence electrons.